The van der Waals surface area contributed by atoms with Crippen molar-refractivity contribution in [3.05, 3.63) is 23.0 Å². The second kappa shape index (κ2) is 4.29. The molecule has 16 heavy (non-hydrogen) atoms. The van der Waals surface area contributed by atoms with Gasteiger partial charge in [0.25, 0.3) is 5.91 Å². The molecular weight excluding hydrogens is 228 g/mol. The highest BCUT2D eigenvalue weighted by Crippen LogP contribution is 2.29. The number of ether oxygens (including phenoxy) is 1. The lowest BCUT2D eigenvalue weighted by molar-refractivity contribution is 0.0816. The van der Waals surface area contributed by atoms with Gasteiger partial charge in [-0.3, -0.25) is 4.79 Å². The fourth-order valence-corrected chi connectivity index (χ4v) is 1.40. The maximum Gasteiger partial charge on any atom is 0.275 e. The first-order chi connectivity index (χ1) is 7.58. The number of hydrogen-bond acceptors (Lipinski definition) is 3. The molecule has 0 aliphatic heterocycles. The Morgan fingerprint density at radius 1 is 1.50 bits per heavy atom. The number of halogens is 1. The van der Waals surface area contributed by atoms with Crippen molar-refractivity contribution in [3.8, 4) is 5.75 Å². The second-order valence-corrected chi connectivity index (χ2v) is 4.38. The van der Waals surface area contributed by atoms with E-state index >= 15 is 0 Å². The fourth-order valence-electron chi connectivity index (χ4n) is 1.25. The third-order valence-electron chi connectivity index (χ3n) is 2.25. The molecule has 1 aromatic rings. The first-order valence-electron chi connectivity index (χ1n) is 5.13. The van der Waals surface area contributed by atoms with E-state index in [9.17, 15) is 4.79 Å². The molecule has 1 saturated carbocycles. The number of nitrogens with zero attached hydrogens (tertiary/aromatic N) is 2. The molecule has 0 aromatic carbocycles. The first kappa shape index (κ1) is 11.2. The largest absolute Gasteiger partial charge is 0.488 e. The molecule has 1 fully saturated rings. The molecule has 1 aliphatic carbocycles. The van der Waals surface area contributed by atoms with Gasteiger partial charge in [-0.15, -0.1) is 0 Å². The summed E-state index contributed by atoms with van der Waals surface area (Å²) in [5.41, 5.74) is 0.282. The normalized spacial score (nSPS) is 14.7. The zero-order valence-electron chi connectivity index (χ0n) is 9.24. The number of hydrogen-bond donors (Lipinski definition) is 0. The molecule has 2 rings (SSSR count). The minimum atomic E-state index is -0.196. The van der Waals surface area contributed by atoms with E-state index < -0.39 is 0 Å². The maximum absolute atomic E-state index is 11.8. The number of pyridine rings is 1. The van der Waals surface area contributed by atoms with Gasteiger partial charge in [-0.1, -0.05) is 11.6 Å². The van der Waals surface area contributed by atoms with Crippen molar-refractivity contribution in [2.24, 2.45) is 0 Å². The van der Waals surface area contributed by atoms with Gasteiger partial charge < -0.3 is 9.64 Å². The van der Waals surface area contributed by atoms with Crippen LogP contribution in [0.2, 0.25) is 5.15 Å². The van der Waals surface area contributed by atoms with Crippen LogP contribution in [0.3, 0.4) is 0 Å². The summed E-state index contributed by atoms with van der Waals surface area (Å²) in [4.78, 5) is 17.3. The lowest BCUT2D eigenvalue weighted by Crippen LogP contribution is -2.23. The van der Waals surface area contributed by atoms with Crippen molar-refractivity contribution >= 4 is 17.5 Å². The summed E-state index contributed by atoms with van der Waals surface area (Å²) in [6.45, 7) is 0. The van der Waals surface area contributed by atoms with Crippen LogP contribution in [0, 0.1) is 0 Å². The van der Waals surface area contributed by atoms with Crippen molar-refractivity contribution in [1.82, 2.24) is 9.88 Å². The lowest BCUT2D eigenvalue weighted by atomic mass is 10.3. The van der Waals surface area contributed by atoms with Gasteiger partial charge in [0, 0.05) is 14.1 Å². The van der Waals surface area contributed by atoms with Crippen molar-refractivity contribution in [2.75, 3.05) is 14.1 Å². The van der Waals surface area contributed by atoms with Gasteiger partial charge in [-0.2, -0.15) is 0 Å². The third kappa shape index (κ3) is 2.44. The molecule has 0 radical (unpaired) electrons. The number of aromatic nitrogens is 1. The fraction of sp³-hybridized carbons (Fsp3) is 0.455. The van der Waals surface area contributed by atoms with Crippen LogP contribution in [0.1, 0.15) is 23.3 Å². The van der Waals surface area contributed by atoms with Crippen LogP contribution >= 0.6 is 11.6 Å². The monoisotopic (exact) mass is 240 g/mol. The highest BCUT2D eigenvalue weighted by Gasteiger charge is 2.26. The molecular formula is C11H13ClN2O2. The Balaban J connectivity index is 2.30. The molecule has 0 N–H and O–H groups in total. The number of carbonyl (C=O) groups excluding carboxylic acids is 1. The maximum atomic E-state index is 11.8. The number of carbonyl (C=O) groups is 1. The van der Waals surface area contributed by atoms with E-state index in [4.69, 9.17) is 16.3 Å². The van der Waals surface area contributed by atoms with Crippen molar-refractivity contribution < 1.29 is 9.53 Å². The van der Waals surface area contributed by atoms with Crippen molar-refractivity contribution in [3.63, 3.8) is 0 Å². The molecule has 1 aromatic heterocycles. The summed E-state index contributed by atoms with van der Waals surface area (Å²) in [6, 6.07) is 3.33. The first-order valence-corrected chi connectivity index (χ1v) is 5.50. The van der Waals surface area contributed by atoms with Crippen LogP contribution in [-0.4, -0.2) is 36.0 Å². The van der Waals surface area contributed by atoms with E-state index in [2.05, 4.69) is 4.98 Å². The van der Waals surface area contributed by atoms with Gasteiger partial charge in [0.1, 0.15) is 5.15 Å². The predicted octanol–water partition coefficient (Wildman–Crippen LogP) is 1.98. The molecule has 0 bridgehead atoms. The standard InChI is InChI=1S/C11H13ClN2O2/c1-14(2)11(15)10-8(16-7-3-4-7)5-6-9(12)13-10/h5-7H,3-4H2,1-2H3. The van der Waals surface area contributed by atoms with E-state index in [-0.39, 0.29) is 17.7 Å². The summed E-state index contributed by atoms with van der Waals surface area (Å²) in [7, 11) is 3.34. The minimum absolute atomic E-state index is 0.196. The Bertz CT molecular complexity index is 416. The Hall–Kier alpha value is -1.29. The van der Waals surface area contributed by atoms with E-state index in [1.54, 1.807) is 26.2 Å². The van der Waals surface area contributed by atoms with Gasteiger partial charge in [0.05, 0.1) is 6.10 Å². The average molecular weight is 241 g/mol. The SMILES string of the molecule is CN(C)C(=O)c1nc(Cl)ccc1OC1CC1. The summed E-state index contributed by atoms with van der Waals surface area (Å²) < 4.78 is 5.61. The Labute approximate surface area is 99.2 Å². The van der Waals surface area contributed by atoms with Crippen LogP contribution in [0.15, 0.2) is 12.1 Å². The Morgan fingerprint density at radius 2 is 2.19 bits per heavy atom. The second-order valence-electron chi connectivity index (χ2n) is 4.00. The molecule has 4 nitrogen and oxygen atoms in total. The van der Waals surface area contributed by atoms with E-state index in [1.165, 1.54) is 4.90 Å². The van der Waals surface area contributed by atoms with Crippen molar-refractivity contribution in [2.45, 2.75) is 18.9 Å². The number of rotatable bonds is 3. The van der Waals surface area contributed by atoms with Gasteiger partial charge in [0.15, 0.2) is 11.4 Å². The molecule has 1 aliphatic rings. The quantitative estimate of drug-likeness (QED) is 0.759. The molecule has 0 saturated heterocycles. The van der Waals surface area contributed by atoms with Crippen LogP contribution in [-0.2, 0) is 0 Å². The van der Waals surface area contributed by atoms with Crippen LogP contribution in [0.25, 0.3) is 0 Å². The molecule has 0 spiro atoms. The average Bonchev–Trinajstić information content (AvgIpc) is 3.03. The van der Waals surface area contributed by atoms with Crippen LogP contribution in [0.4, 0.5) is 0 Å². The van der Waals surface area contributed by atoms with Gasteiger partial charge >= 0.3 is 0 Å². The van der Waals surface area contributed by atoms with E-state index in [0.717, 1.165) is 12.8 Å². The third-order valence-corrected chi connectivity index (χ3v) is 2.46. The molecule has 5 heteroatoms. The minimum Gasteiger partial charge on any atom is -0.488 e. The molecule has 86 valence electrons. The predicted molar refractivity (Wildman–Crippen MR) is 60.9 cm³/mol. The zero-order chi connectivity index (χ0) is 11.7. The molecule has 0 unspecified atom stereocenters. The van der Waals surface area contributed by atoms with Gasteiger partial charge in [0.2, 0.25) is 0 Å². The Morgan fingerprint density at radius 3 is 2.75 bits per heavy atom. The summed E-state index contributed by atoms with van der Waals surface area (Å²) in [5.74, 6) is 0.323. The van der Waals surface area contributed by atoms with E-state index in [0.29, 0.717) is 10.9 Å². The van der Waals surface area contributed by atoms with Gasteiger partial charge in [-0.25, -0.2) is 4.98 Å². The van der Waals surface area contributed by atoms with Crippen molar-refractivity contribution in [1.29, 1.82) is 0 Å². The molecule has 0 atom stereocenters. The topological polar surface area (TPSA) is 42.4 Å². The smallest absolute Gasteiger partial charge is 0.275 e. The highest BCUT2D eigenvalue weighted by atomic mass is 35.5. The lowest BCUT2D eigenvalue weighted by Gasteiger charge is -2.13. The summed E-state index contributed by atoms with van der Waals surface area (Å²) >= 11 is 5.78. The van der Waals surface area contributed by atoms with Crippen LogP contribution in [0.5, 0.6) is 5.75 Å². The number of amides is 1. The molecule has 1 amide bonds. The zero-order valence-corrected chi connectivity index (χ0v) is 9.99. The van der Waals surface area contributed by atoms with E-state index in [1.807, 2.05) is 0 Å². The molecule has 1 heterocycles. The summed E-state index contributed by atoms with van der Waals surface area (Å²) in [6.07, 6.45) is 2.31. The van der Waals surface area contributed by atoms with Crippen LogP contribution < -0.4 is 4.74 Å². The Kier molecular flexibility index (Phi) is 3.01. The van der Waals surface area contributed by atoms with Gasteiger partial charge in [-0.05, 0) is 25.0 Å². The summed E-state index contributed by atoms with van der Waals surface area (Å²) in [5, 5.41) is 0.299. The highest BCUT2D eigenvalue weighted by molar-refractivity contribution is 6.29.